The molecule has 3 rings (SSSR count). The summed E-state index contributed by atoms with van der Waals surface area (Å²) in [5.74, 6) is -1.90. The van der Waals surface area contributed by atoms with E-state index in [0.29, 0.717) is 17.2 Å². The lowest BCUT2D eigenvalue weighted by molar-refractivity contribution is -0.140. The van der Waals surface area contributed by atoms with Gasteiger partial charge < -0.3 is 10.1 Å². The van der Waals surface area contributed by atoms with Gasteiger partial charge in [-0.3, -0.25) is 14.4 Å². The first-order valence-electron chi connectivity index (χ1n) is 9.30. The summed E-state index contributed by atoms with van der Waals surface area (Å²) >= 11 is 0. The number of nitrogens with one attached hydrogen (secondary N) is 1. The summed E-state index contributed by atoms with van der Waals surface area (Å²) in [5.41, 5.74) is 1.57. The van der Waals surface area contributed by atoms with Crippen molar-refractivity contribution in [2.75, 3.05) is 25.1 Å². The molecular weight excluding hydrogens is 362 g/mol. The van der Waals surface area contributed by atoms with Gasteiger partial charge in [-0.1, -0.05) is 11.6 Å². The fourth-order valence-corrected chi connectivity index (χ4v) is 3.30. The van der Waals surface area contributed by atoms with E-state index in [0.717, 1.165) is 24.2 Å². The third-order valence-electron chi connectivity index (χ3n) is 4.84. The van der Waals surface area contributed by atoms with Crippen LogP contribution in [-0.4, -0.2) is 48.9 Å². The summed E-state index contributed by atoms with van der Waals surface area (Å²) in [5, 5.41) is 2.71. The number of hydrogen-bond donors (Lipinski definition) is 1. The van der Waals surface area contributed by atoms with Crippen LogP contribution in [0.2, 0.25) is 0 Å². The molecule has 1 N–H and O–H groups in total. The van der Waals surface area contributed by atoms with Gasteiger partial charge in [0.05, 0.1) is 12.8 Å². The number of hydrogen-bond acceptors (Lipinski definition) is 5. The minimum Gasteiger partial charge on any atom is -0.497 e. The van der Waals surface area contributed by atoms with Crippen molar-refractivity contribution in [2.45, 2.75) is 32.1 Å². The molecule has 1 heterocycles. The molecule has 28 heavy (non-hydrogen) atoms. The fourth-order valence-electron chi connectivity index (χ4n) is 3.30. The van der Waals surface area contributed by atoms with Crippen molar-refractivity contribution in [2.24, 2.45) is 0 Å². The van der Waals surface area contributed by atoms with Gasteiger partial charge in [0.15, 0.2) is 0 Å². The van der Waals surface area contributed by atoms with Gasteiger partial charge >= 0.3 is 17.8 Å². The molecule has 148 valence electrons. The molecule has 1 saturated heterocycles. The van der Waals surface area contributed by atoms with E-state index >= 15 is 0 Å². The highest BCUT2D eigenvalue weighted by atomic mass is 16.5. The minimum absolute atomic E-state index is 0.247. The zero-order valence-electron chi connectivity index (χ0n) is 15.8. The number of allylic oxidation sites excluding steroid dienone is 1. The van der Waals surface area contributed by atoms with Gasteiger partial charge in [0, 0.05) is 6.54 Å². The number of rotatable bonds is 7. The van der Waals surface area contributed by atoms with Crippen molar-refractivity contribution in [3.8, 4) is 5.75 Å². The molecule has 8 heteroatoms. The maximum Gasteiger partial charge on any atom is 0.339 e. The molecule has 0 spiro atoms. The Bertz CT molecular complexity index is 816. The average Bonchev–Trinajstić information content (AvgIpc) is 2.92. The molecule has 0 unspecified atom stereocenters. The standard InChI is InChI=1S/C20H23N3O5/c1-28-16-9-7-15(8-10-16)23-19(26)18(25)22(20(23)27)13-17(24)21-12-11-14-5-3-2-4-6-14/h5,7-10H,2-4,6,11-13H2,1H3,(H,21,24). The number of benzene rings is 1. The summed E-state index contributed by atoms with van der Waals surface area (Å²) in [6.07, 6.45) is 7.44. The number of carbonyl (C=O) groups excluding carboxylic acids is 4. The lowest BCUT2D eigenvalue weighted by atomic mass is 9.97. The second-order valence-electron chi connectivity index (χ2n) is 6.72. The number of carbonyl (C=O) groups is 4. The maximum absolute atomic E-state index is 12.5. The van der Waals surface area contributed by atoms with E-state index in [1.54, 1.807) is 12.1 Å². The van der Waals surface area contributed by atoms with Crippen molar-refractivity contribution in [1.29, 1.82) is 0 Å². The van der Waals surface area contributed by atoms with Crippen molar-refractivity contribution in [3.63, 3.8) is 0 Å². The van der Waals surface area contributed by atoms with Crippen molar-refractivity contribution in [3.05, 3.63) is 35.9 Å². The second-order valence-corrected chi connectivity index (χ2v) is 6.72. The number of anilines is 1. The quantitative estimate of drug-likeness (QED) is 0.440. The molecule has 1 aliphatic heterocycles. The van der Waals surface area contributed by atoms with Crippen LogP contribution in [0.3, 0.4) is 0 Å². The van der Waals surface area contributed by atoms with Crippen LogP contribution in [0.15, 0.2) is 35.9 Å². The van der Waals surface area contributed by atoms with Gasteiger partial charge in [-0.15, -0.1) is 0 Å². The molecule has 0 radical (unpaired) electrons. The highest BCUT2D eigenvalue weighted by molar-refractivity contribution is 6.53. The third kappa shape index (κ3) is 4.21. The van der Waals surface area contributed by atoms with Crippen molar-refractivity contribution < 1.29 is 23.9 Å². The molecule has 1 aromatic carbocycles. The van der Waals surface area contributed by atoms with Gasteiger partial charge in [0.25, 0.3) is 0 Å². The van der Waals surface area contributed by atoms with Gasteiger partial charge in [-0.25, -0.2) is 14.6 Å². The largest absolute Gasteiger partial charge is 0.497 e. The molecule has 0 aromatic heterocycles. The zero-order valence-corrected chi connectivity index (χ0v) is 15.8. The monoisotopic (exact) mass is 385 g/mol. The van der Waals surface area contributed by atoms with E-state index in [9.17, 15) is 19.2 Å². The van der Waals surface area contributed by atoms with Gasteiger partial charge in [0.2, 0.25) is 5.91 Å². The number of urea groups is 1. The number of ether oxygens (including phenoxy) is 1. The van der Waals surface area contributed by atoms with Gasteiger partial charge in [0.1, 0.15) is 12.3 Å². The lowest BCUT2D eigenvalue weighted by Crippen LogP contribution is -2.41. The van der Waals surface area contributed by atoms with Crippen LogP contribution >= 0.6 is 0 Å². The van der Waals surface area contributed by atoms with Crippen LogP contribution in [0, 0.1) is 0 Å². The third-order valence-corrected chi connectivity index (χ3v) is 4.84. The van der Waals surface area contributed by atoms with Gasteiger partial charge in [-0.2, -0.15) is 0 Å². The zero-order chi connectivity index (χ0) is 20.1. The Hall–Kier alpha value is -3.16. The van der Waals surface area contributed by atoms with Crippen molar-refractivity contribution in [1.82, 2.24) is 10.2 Å². The van der Waals surface area contributed by atoms with Crippen LogP contribution in [0.4, 0.5) is 10.5 Å². The molecule has 1 aromatic rings. The Balaban J connectivity index is 1.58. The number of methoxy groups -OCH3 is 1. The molecule has 2 aliphatic rings. The predicted molar refractivity (Wildman–Crippen MR) is 102 cm³/mol. The normalized spacial score (nSPS) is 17.0. The highest BCUT2D eigenvalue weighted by Gasteiger charge is 2.46. The van der Waals surface area contributed by atoms with Crippen LogP contribution in [-0.2, 0) is 14.4 Å². The summed E-state index contributed by atoms with van der Waals surface area (Å²) in [4.78, 5) is 50.5. The van der Waals surface area contributed by atoms with E-state index in [4.69, 9.17) is 4.74 Å². The lowest BCUT2D eigenvalue weighted by Gasteiger charge is -2.16. The fraction of sp³-hybridized carbons (Fsp3) is 0.400. The Labute approximate surface area is 163 Å². The maximum atomic E-state index is 12.5. The Morgan fingerprint density at radius 3 is 2.50 bits per heavy atom. The predicted octanol–water partition coefficient (Wildman–Crippen LogP) is 2.00. The Morgan fingerprint density at radius 2 is 1.86 bits per heavy atom. The molecule has 8 nitrogen and oxygen atoms in total. The summed E-state index contributed by atoms with van der Waals surface area (Å²) in [6, 6.07) is 5.34. The van der Waals surface area contributed by atoms with E-state index in [1.165, 1.54) is 37.7 Å². The molecule has 0 bridgehead atoms. The first kappa shape index (κ1) is 19.6. The van der Waals surface area contributed by atoms with E-state index < -0.39 is 30.3 Å². The van der Waals surface area contributed by atoms with E-state index in [1.807, 2.05) is 0 Å². The molecule has 5 amide bonds. The average molecular weight is 385 g/mol. The summed E-state index contributed by atoms with van der Waals surface area (Å²) < 4.78 is 5.04. The van der Waals surface area contributed by atoms with Crippen LogP contribution in [0.5, 0.6) is 5.75 Å². The number of amides is 5. The Kier molecular flexibility index (Phi) is 6.08. The second kappa shape index (κ2) is 8.69. The minimum atomic E-state index is -1.01. The Morgan fingerprint density at radius 1 is 1.11 bits per heavy atom. The summed E-state index contributed by atoms with van der Waals surface area (Å²) in [7, 11) is 1.50. The van der Waals surface area contributed by atoms with E-state index in [2.05, 4.69) is 11.4 Å². The number of nitrogens with zero attached hydrogens (tertiary/aromatic N) is 2. The number of imide groups is 2. The van der Waals surface area contributed by atoms with E-state index in [-0.39, 0.29) is 5.69 Å². The first-order chi connectivity index (χ1) is 13.5. The smallest absolute Gasteiger partial charge is 0.339 e. The van der Waals surface area contributed by atoms with Crippen molar-refractivity contribution >= 4 is 29.4 Å². The molecule has 1 fully saturated rings. The van der Waals surface area contributed by atoms with Gasteiger partial charge in [-0.05, 0) is 56.4 Å². The molecular formula is C20H23N3O5. The van der Waals surface area contributed by atoms with Crippen LogP contribution in [0.1, 0.15) is 32.1 Å². The highest BCUT2D eigenvalue weighted by Crippen LogP contribution is 2.24. The van der Waals surface area contributed by atoms with Crippen LogP contribution in [0.25, 0.3) is 0 Å². The topological polar surface area (TPSA) is 96.0 Å². The first-order valence-corrected chi connectivity index (χ1v) is 9.30. The summed E-state index contributed by atoms with van der Waals surface area (Å²) in [6.45, 7) is -0.0356. The molecule has 0 atom stereocenters. The molecule has 0 saturated carbocycles. The SMILES string of the molecule is COc1ccc(N2C(=O)C(=O)N(CC(=O)NCCC3=CCCCC3)C2=O)cc1. The van der Waals surface area contributed by atoms with Crippen LogP contribution < -0.4 is 15.0 Å². The molecule has 1 aliphatic carbocycles.